The van der Waals surface area contributed by atoms with E-state index in [9.17, 15) is 4.79 Å². The lowest BCUT2D eigenvalue weighted by Crippen LogP contribution is -2.25. The Balaban J connectivity index is 1.93. The Kier molecular flexibility index (Phi) is 3.89. The van der Waals surface area contributed by atoms with Gasteiger partial charge >= 0.3 is 6.09 Å². The number of carbonyl (C=O) groups is 1. The number of benzene rings is 1. The van der Waals surface area contributed by atoms with Crippen molar-refractivity contribution in [2.75, 3.05) is 25.5 Å². The number of ether oxygens (including phenoxy) is 1. The molecule has 92 valence electrons. The summed E-state index contributed by atoms with van der Waals surface area (Å²) in [6, 6.07) is 6.24. The standard InChI is InChI=1S/C12H15BrN2O2/c1-17-12(16)14-5-4-8-7-15-11-3-2-9(13)6-10(8)11/h2-3,6,8,15H,4-5,7H2,1H3,(H,14,16). The number of amides is 1. The first-order chi connectivity index (χ1) is 8.20. The van der Waals surface area contributed by atoms with E-state index in [4.69, 9.17) is 0 Å². The van der Waals surface area contributed by atoms with Gasteiger partial charge in [0.25, 0.3) is 0 Å². The van der Waals surface area contributed by atoms with Crippen molar-refractivity contribution >= 4 is 27.7 Å². The van der Waals surface area contributed by atoms with Crippen LogP contribution in [0.2, 0.25) is 0 Å². The summed E-state index contributed by atoms with van der Waals surface area (Å²) in [5.74, 6) is 0.444. The van der Waals surface area contributed by atoms with Gasteiger partial charge in [-0.1, -0.05) is 15.9 Å². The Hall–Kier alpha value is -1.23. The average molecular weight is 299 g/mol. The zero-order chi connectivity index (χ0) is 12.3. The van der Waals surface area contributed by atoms with Crippen molar-refractivity contribution < 1.29 is 9.53 Å². The van der Waals surface area contributed by atoms with Crippen LogP contribution in [-0.2, 0) is 4.74 Å². The molecule has 0 aliphatic carbocycles. The summed E-state index contributed by atoms with van der Waals surface area (Å²) < 4.78 is 5.62. The Morgan fingerprint density at radius 2 is 2.47 bits per heavy atom. The van der Waals surface area contributed by atoms with Gasteiger partial charge in [-0.25, -0.2) is 4.79 Å². The predicted octanol–water partition coefficient (Wildman–Crippen LogP) is 2.70. The normalized spacial score (nSPS) is 17.2. The molecule has 2 N–H and O–H groups in total. The summed E-state index contributed by atoms with van der Waals surface area (Å²) in [7, 11) is 1.37. The third-order valence-corrected chi connectivity index (χ3v) is 3.43. The summed E-state index contributed by atoms with van der Waals surface area (Å²) in [4.78, 5) is 10.9. The molecule has 0 fully saturated rings. The van der Waals surface area contributed by atoms with Crippen LogP contribution in [0.25, 0.3) is 0 Å². The first-order valence-corrected chi connectivity index (χ1v) is 6.35. The molecule has 0 aromatic heterocycles. The molecule has 5 heteroatoms. The van der Waals surface area contributed by atoms with Gasteiger partial charge < -0.3 is 15.4 Å². The van der Waals surface area contributed by atoms with E-state index in [-0.39, 0.29) is 6.09 Å². The molecule has 1 aliphatic rings. The first-order valence-electron chi connectivity index (χ1n) is 5.56. The SMILES string of the molecule is COC(=O)NCCC1CNc2ccc(Br)cc21. The molecule has 0 bridgehead atoms. The monoisotopic (exact) mass is 298 g/mol. The van der Waals surface area contributed by atoms with Crippen LogP contribution in [-0.4, -0.2) is 26.3 Å². The third-order valence-electron chi connectivity index (χ3n) is 2.94. The molecular formula is C12H15BrN2O2. The van der Waals surface area contributed by atoms with Crippen LogP contribution in [0.15, 0.2) is 22.7 Å². The molecule has 0 radical (unpaired) electrons. The van der Waals surface area contributed by atoms with E-state index in [1.54, 1.807) is 0 Å². The number of carbonyl (C=O) groups excluding carboxylic acids is 1. The molecule has 0 saturated carbocycles. The van der Waals surface area contributed by atoms with Crippen molar-refractivity contribution in [3.05, 3.63) is 28.2 Å². The van der Waals surface area contributed by atoms with Gasteiger partial charge in [-0.15, -0.1) is 0 Å². The molecule has 4 nitrogen and oxygen atoms in total. The minimum atomic E-state index is -0.370. The van der Waals surface area contributed by atoms with Gasteiger partial charge in [0.1, 0.15) is 0 Å². The predicted molar refractivity (Wildman–Crippen MR) is 70.4 cm³/mol. The molecule has 1 amide bonds. The fourth-order valence-electron chi connectivity index (χ4n) is 2.05. The van der Waals surface area contributed by atoms with Crippen molar-refractivity contribution in [2.24, 2.45) is 0 Å². The largest absolute Gasteiger partial charge is 0.453 e. The Morgan fingerprint density at radius 3 is 3.24 bits per heavy atom. The molecule has 1 aromatic rings. The Labute approximate surface area is 109 Å². The first kappa shape index (κ1) is 12.2. The van der Waals surface area contributed by atoms with Crippen LogP contribution < -0.4 is 10.6 Å². The number of anilines is 1. The highest BCUT2D eigenvalue weighted by atomic mass is 79.9. The summed E-state index contributed by atoms with van der Waals surface area (Å²) in [5, 5.41) is 6.07. The zero-order valence-corrected chi connectivity index (χ0v) is 11.2. The average Bonchev–Trinajstić information content (AvgIpc) is 2.72. The van der Waals surface area contributed by atoms with E-state index < -0.39 is 0 Å². The van der Waals surface area contributed by atoms with Crippen LogP contribution in [0.1, 0.15) is 17.9 Å². The van der Waals surface area contributed by atoms with Crippen molar-refractivity contribution in [2.45, 2.75) is 12.3 Å². The lowest BCUT2D eigenvalue weighted by atomic mass is 9.98. The number of halogens is 1. The molecule has 1 aliphatic heterocycles. The number of rotatable bonds is 3. The maximum Gasteiger partial charge on any atom is 0.406 e. The molecule has 17 heavy (non-hydrogen) atoms. The highest BCUT2D eigenvalue weighted by Crippen LogP contribution is 2.35. The van der Waals surface area contributed by atoms with Crippen LogP contribution in [0.4, 0.5) is 10.5 Å². The second-order valence-electron chi connectivity index (χ2n) is 4.02. The second kappa shape index (κ2) is 5.40. The molecule has 1 unspecified atom stereocenters. The quantitative estimate of drug-likeness (QED) is 0.902. The third kappa shape index (κ3) is 2.91. The number of fused-ring (bicyclic) bond motifs is 1. The molecular weight excluding hydrogens is 284 g/mol. The molecule has 0 spiro atoms. The molecule has 0 saturated heterocycles. The molecule has 2 rings (SSSR count). The minimum absolute atomic E-state index is 0.370. The summed E-state index contributed by atoms with van der Waals surface area (Å²) in [6.07, 6.45) is 0.538. The molecule has 1 atom stereocenters. The van der Waals surface area contributed by atoms with Gasteiger partial charge in [-0.2, -0.15) is 0 Å². The second-order valence-corrected chi connectivity index (χ2v) is 4.93. The van der Waals surface area contributed by atoms with E-state index in [0.29, 0.717) is 12.5 Å². The summed E-state index contributed by atoms with van der Waals surface area (Å²) in [5.41, 5.74) is 2.50. The van der Waals surface area contributed by atoms with Crippen LogP contribution in [0.5, 0.6) is 0 Å². The molecule has 1 heterocycles. The number of hydrogen-bond acceptors (Lipinski definition) is 3. The Bertz CT molecular complexity index is 423. The molecule has 1 aromatic carbocycles. The lowest BCUT2D eigenvalue weighted by molar-refractivity contribution is 0.170. The van der Waals surface area contributed by atoms with Gasteiger partial charge in [0.15, 0.2) is 0 Å². The summed E-state index contributed by atoms with van der Waals surface area (Å²) >= 11 is 3.48. The smallest absolute Gasteiger partial charge is 0.406 e. The van der Waals surface area contributed by atoms with Gasteiger partial charge in [0.05, 0.1) is 7.11 Å². The van der Waals surface area contributed by atoms with Crippen molar-refractivity contribution in [3.8, 4) is 0 Å². The van der Waals surface area contributed by atoms with Crippen LogP contribution in [0, 0.1) is 0 Å². The van der Waals surface area contributed by atoms with Crippen molar-refractivity contribution in [3.63, 3.8) is 0 Å². The highest BCUT2D eigenvalue weighted by Gasteiger charge is 2.21. The maximum atomic E-state index is 10.9. The van der Waals surface area contributed by atoms with E-state index in [2.05, 4.69) is 43.4 Å². The van der Waals surface area contributed by atoms with Crippen LogP contribution >= 0.6 is 15.9 Å². The van der Waals surface area contributed by atoms with E-state index in [1.165, 1.54) is 18.4 Å². The fourth-order valence-corrected chi connectivity index (χ4v) is 2.43. The lowest BCUT2D eigenvalue weighted by Gasteiger charge is -2.10. The van der Waals surface area contributed by atoms with E-state index in [0.717, 1.165) is 17.4 Å². The maximum absolute atomic E-state index is 10.9. The van der Waals surface area contributed by atoms with Crippen molar-refractivity contribution in [1.29, 1.82) is 0 Å². The van der Waals surface area contributed by atoms with E-state index in [1.807, 2.05) is 6.07 Å². The number of alkyl carbamates (subject to hydrolysis) is 1. The topological polar surface area (TPSA) is 50.4 Å². The van der Waals surface area contributed by atoms with Gasteiger partial charge in [0.2, 0.25) is 0 Å². The zero-order valence-electron chi connectivity index (χ0n) is 9.63. The van der Waals surface area contributed by atoms with Crippen LogP contribution in [0.3, 0.4) is 0 Å². The minimum Gasteiger partial charge on any atom is -0.453 e. The summed E-state index contributed by atoms with van der Waals surface area (Å²) in [6.45, 7) is 1.56. The highest BCUT2D eigenvalue weighted by molar-refractivity contribution is 9.10. The number of hydrogen-bond donors (Lipinski definition) is 2. The Morgan fingerprint density at radius 1 is 1.65 bits per heavy atom. The van der Waals surface area contributed by atoms with Crippen molar-refractivity contribution in [1.82, 2.24) is 5.32 Å². The van der Waals surface area contributed by atoms with Gasteiger partial charge in [0, 0.05) is 29.2 Å². The fraction of sp³-hybridized carbons (Fsp3) is 0.417. The van der Waals surface area contributed by atoms with Gasteiger partial charge in [-0.3, -0.25) is 0 Å². The number of methoxy groups -OCH3 is 1. The van der Waals surface area contributed by atoms with E-state index >= 15 is 0 Å². The van der Waals surface area contributed by atoms with Gasteiger partial charge in [-0.05, 0) is 30.2 Å². The number of nitrogens with one attached hydrogen (secondary N) is 2.